The van der Waals surface area contributed by atoms with Gasteiger partial charge in [-0.25, -0.2) is 0 Å². The molecule has 0 unspecified atom stereocenters. The van der Waals surface area contributed by atoms with E-state index in [2.05, 4.69) is 0 Å². The molecule has 1 radical (unpaired) electrons. The summed E-state index contributed by atoms with van der Waals surface area (Å²) in [4.78, 5) is 19.9. The molecule has 0 aromatic rings. The molecule has 0 aromatic heterocycles. The molecule has 0 rings (SSSR count). The van der Waals surface area contributed by atoms with Crippen LogP contribution in [0.4, 0.5) is 0 Å². The molecular formula is C6H10CuO4S. The minimum absolute atomic E-state index is 0. The monoisotopic (exact) mass is 241 g/mol. The van der Waals surface area contributed by atoms with E-state index in [-0.39, 0.29) is 29.9 Å². The molecule has 0 bridgehead atoms. The number of rotatable bonds is 6. The molecule has 0 heterocycles. The van der Waals surface area contributed by atoms with Crippen molar-refractivity contribution in [3.05, 3.63) is 0 Å². The first-order valence-electron chi connectivity index (χ1n) is 3.14. The molecule has 0 spiro atoms. The maximum absolute atomic E-state index is 9.97. The third kappa shape index (κ3) is 12.5. The summed E-state index contributed by atoms with van der Waals surface area (Å²) in [6.07, 6.45) is 0.203. The molecule has 0 aliphatic heterocycles. The molecule has 0 saturated carbocycles. The molecule has 0 aliphatic carbocycles. The Morgan fingerprint density at radius 1 is 1.00 bits per heavy atom. The van der Waals surface area contributed by atoms with E-state index < -0.39 is 11.9 Å². The van der Waals surface area contributed by atoms with Crippen LogP contribution >= 0.6 is 11.8 Å². The molecule has 0 aliphatic rings. The number of aliphatic carboxylic acids is 2. The Balaban J connectivity index is 0. The van der Waals surface area contributed by atoms with E-state index >= 15 is 0 Å². The van der Waals surface area contributed by atoms with Gasteiger partial charge in [-0.05, 0) is 0 Å². The minimum atomic E-state index is -0.840. The third-order valence-electron chi connectivity index (χ3n) is 0.921. The van der Waals surface area contributed by atoms with Crippen molar-refractivity contribution in [3.8, 4) is 0 Å². The maximum atomic E-state index is 9.97. The van der Waals surface area contributed by atoms with Crippen LogP contribution in [0.3, 0.4) is 0 Å². The molecule has 0 aromatic carbocycles. The SMILES string of the molecule is O=C(O)CCSCCC(=O)O.[Cu]. The van der Waals surface area contributed by atoms with E-state index in [0.717, 1.165) is 0 Å². The Kier molecular flexibility index (Phi) is 10.6. The molecule has 0 atom stereocenters. The van der Waals surface area contributed by atoms with Crippen LogP contribution in [0, 0.1) is 0 Å². The van der Waals surface area contributed by atoms with E-state index in [1.54, 1.807) is 0 Å². The standard InChI is InChI=1S/C6H10O4S.Cu/c7-5(8)1-3-11-4-2-6(9)10;/h1-4H2,(H,7,8)(H,9,10);. The Bertz CT molecular complexity index is 134. The summed E-state index contributed by atoms with van der Waals surface area (Å²) in [6.45, 7) is 0. The van der Waals surface area contributed by atoms with Crippen molar-refractivity contribution in [1.82, 2.24) is 0 Å². The number of carboxylic acid groups (broad SMARTS) is 2. The van der Waals surface area contributed by atoms with Crippen LogP contribution in [0.25, 0.3) is 0 Å². The van der Waals surface area contributed by atoms with Crippen molar-refractivity contribution in [1.29, 1.82) is 0 Å². The van der Waals surface area contributed by atoms with Crippen LogP contribution in [0.15, 0.2) is 0 Å². The van der Waals surface area contributed by atoms with Crippen molar-refractivity contribution in [3.63, 3.8) is 0 Å². The van der Waals surface area contributed by atoms with Gasteiger partial charge in [0.05, 0.1) is 12.8 Å². The smallest absolute Gasteiger partial charge is 0.304 e. The van der Waals surface area contributed by atoms with Crippen molar-refractivity contribution < 1.29 is 36.9 Å². The quantitative estimate of drug-likeness (QED) is 0.528. The summed E-state index contributed by atoms with van der Waals surface area (Å²) in [5, 5.41) is 16.4. The Labute approximate surface area is 85.2 Å². The van der Waals surface area contributed by atoms with Gasteiger partial charge in [0.25, 0.3) is 0 Å². The molecule has 0 saturated heterocycles. The fourth-order valence-electron chi connectivity index (χ4n) is 0.421. The van der Waals surface area contributed by atoms with Crippen LogP contribution in [-0.4, -0.2) is 33.7 Å². The van der Waals surface area contributed by atoms with Crippen molar-refractivity contribution in [2.75, 3.05) is 11.5 Å². The average Bonchev–Trinajstić information content (AvgIpc) is 1.85. The summed E-state index contributed by atoms with van der Waals surface area (Å²) in [5.41, 5.74) is 0. The van der Waals surface area contributed by atoms with E-state index in [1.807, 2.05) is 0 Å². The van der Waals surface area contributed by atoms with E-state index in [0.29, 0.717) is 11.5 Å². The fourth-order valence-corrected chi connectivity index (χ4v) is 1.26. The number of carbonyl (C=O) groups is 2. The zero-order valence-corrected chi connectivity index (χ0v) is 8.01. The molecule has 0 amide bonds. The molecular weight excluding hydrogens is 232 g/mol. The van der Waals surface area contributed by atoms with Crippen molar-refractivity contribution in [2.24, 2.45) is 0 Å². The Morgan fingerprint density at radius 2 is 1.33 bits per heavy atom. The van der Waals surface area contributed by atoms with Gasteiger partial charge in [-0.15, -0.1) is 0 Å². The first-order valence-corrected chi connectivity index (χ1v) is 4.29. The third-order valence-corrected chi connectivity index (χ3v) is 1.91. The van der Waals surface area contributed by atoms with Gasteiger partial charge in [-0.2, -0.15) is 11.8 Å². The van der Waals surface area contributed by atoms with Crippen LogP contribution in [0.2, 0.25) is 0 Å². The second-order valence-corrected chi connectivity index (χ2v) is 3.12. The molecule has 75 valence electrons. The molecule has 2 N–H and O–H groups in total. The number of hydrogen-bond donors (Lipinski definition) is 2. The van der Waals surface area contributed by atoms with E-state index in [4.69, 9.17) is 10.2 Å². The summed E-state index contributed by atoms with van der Waals surface area (Å²) < 4.78 is 0. The summed E-state index contributed by atoms with van der Waals surface area (Å²) in [5.74, 6) is -0.703. The number of hydrogen-bond acceptors (Lipinski definition) is 3. The van der Waals surface area contributed by atoms with Gasteiger partial charge >= 0.3 is 11.9 Å². The van der Waals surface area contributed by atoms with Crippen molar-refractivity contribution >= 4 is 23.7 Å². The summed E-state index contributed by atoms with van der Waals surface area (Å²) in [7, 11) is 0. The van der Waals surface area contributed by atoms with Gasteiger partial charge in [0.15, 0.2) is 0 Å². The number of carboxylic acids is 2. The molecule has 12 heavy (non-hydrogen) atoms. The van der Waals surface area contributed by atoms with Gasteiger partial charge in [0.2, 0.25) is 0 Å². The van der Waals surface area contributed by atoms with Gasteiger partial charge in [0, 0.05) is 28.6 Å². The first-order chi connectivity index (χ1) is 5.13. The fraction of sp³-hybridized carbons (Fsp3) is 0.667. The maximum Gasteiger partial charge on any atom is 0.304 e. The second kappa shape index (κ2) is 8.90. The zero-order valence-electron chi connectivity index (χ0n) is 6.25. The zero-order chi connectivity index (χ0) is 8.69. The minimum Gasteiger partial charge on any atom is -0.481 e. The predicted octanol–water partition coefficient (Wildman–Crippen LogP) is 0.667. The van der Waals surface area contributed by atoms with Crippen molar-refractivity contribution in [2.45, 2.75) is 12.8 Å². The van der Waals surface area contributed by atoms with Gasteiger partial charge in [-0.3, -0.25) is 9.59 Å². The summed E-state index contributed by atoms with van der Waals surface area (Å²) in [6, 6.07) is 0. The van der Waals surface area contributed by atoms with Crippen LogP contribution in [0.1, 0.15) is 12.8 Å². The van der Waals surface area contributed by atoms with Gasteiger partial charge < -0.3 is 10.2 Å². The largest absolute Gasteiger partial charge is 0.481 e. The van der Waals surface area contributed by atoms with Crippen LogP contribution < -0.4 is 0 Å². The second-order valence-electron chi connectivity index (χ2n) is 1.90. The predicted molar refractivity (Wildman–Crippen MR) is 41.8 cm³/mol. The number of thioether (sulfide) groups is 1. The van der Waals surface area contributed by atoms with Gasteiger partial charge in [0.1, 0.15) is 0 Å². The van der Waals surface area contributed by atoms with Crippen LogP contribution in [-0.2, 0) is 26.7 Å². The Morgan fingerprint density at radius 3 is 1.58 bits per heavy atom. The van der Waals surface area contributed by atoms with E-state index in [9.17, 15) is 9.59 Å². The van der Waals surface area contributed by atoms with Crippen LogP contribution in [0.5, 0.6) is 0 Å². The normalized spacial score (nSPS) is 8.67. The molecule has 6 heteroatoms. The average molecular weight is 242 g/mol. The van der Waals surface area contributed by atoms with E-state index in [1.165, 1.54) is 11.8 Å². The summed E-state index contributed by atoms with van der Waals surface area (Å²) >= 11 is 1.35. The first kappa shape index (κ1) is 14.3. The Hall–Kier alpha value is -0.191. The molecule has 0 fully saturated rings. The topological polar surface area (TPSA) is 74.6 Å². The van der Waals surface area contributed by atoms with Gasteiger partial charge in [-0.1, -0.05) is 0 Å². The molecule has 4 nitrogen and oxygen atoms in total.